The maximum Gasteiger partial charge on any atom is 0.159 e. The van der Waals surface area contributed by atoms with Crippen molar-refractivity contribution in [2.75, 3.05) is 0 Å². The van der Waals surface area contributed by atoms with Crippen molar-refractivity contribution in [2.24, 2.45) is 0 Å². The van der Waals surface area contributed by atoms with Crippen LogP contribution < -0.4 is 0 Å². The molecule has 13 heavy (non-hydrogen) atoms. The summed E-state index contributed by atoms with van der Waals surface area (Å²) in [4.78, 5) is 21.5. The Morgan fingerprint density at radius 2 is 2.15 bits per heavy atom. The molecule has 1 aromatic rings. The fraction of sp³-hybridized carbons (Fsp3) is 0.111. The molecule has 0 saturated heterocycles. The van der Waals surface area contributed by atoms with E-state index in [1.165, 1.54) is 19.1 Å². The van der Waals surface area contributed by atoms with Gasteiger partial charge in [-0.25, -0.2) is 0 Å². The van der Waals surface area contributed by atoms with E-state index < -0.39 is 0 Å². The second kappa shape index (κ2) is 4.03. The molecule has 0 bridgehead atoms. The van der Waals surface area contributed by atoms with Crippen LogP contribution in [-0.2, 0) is 0 Å². The van der Waals surface area contributed by atoms with Gasteiger partial charge in [0.05, 0.1) is 5.02 Å². The summed E-state index contributed by atoms with van der Waals surface area (Å²) in [5, 5.41) is 0.370. The third kappa shape index (κ3) is 2.17. The molecule has 0 aliphatic carbocycles. The zero-order valence-corrected chi connectivity index (χ0v) is 9.15. The average Bonchev–Trinajstić information content (AvgIpc) is 2.09. The summed E-state index contributed by atoms with van der Waals surface area (Å²) < 4.78 is 0.522. The zero-order chi connectivity index (χ0) is 10.0. The van der Waals surface area contributed by atoms with Crippen LogP contribution >= 0.6 is 27.5 Å². The first kappa shape index (κ1) is 10.4. The molecule has 0 heterocycles. The van der Waals surface area contributed by atoms with Crippen LogP contribution in [-0.4, -0.2) is 12.1 Å². The van der Waals surface area contributed by atoms with Crippen molar-refractivity contribution in [3.63, 3.8) is 0 Å². The first-order valence-corrected chi connectivity index (χ1v) is 4.68. The summed E-state index contributed by atoms with van der Waals surface area (Å²) in [5.74, 6) is -0.113. The average molecular weight is 262 g/mol. The number of carbonyl (C=O) groups is 2. The monoisotopic (exact) mass is 260 g/mol. The Morgan fingerprint density at radius 3 is 2.62 bits per heavy atom. The van der Waals surface area contributed by atoms with E-state index in [-0.39, 0.29) is 5.78 Å². The van der Waals surface area contributed by atoms with Crippen molar-refractivity contribution < 1.29 is 9.59 Å². The van der Waals surface area contributed by atoms with Crippen LogP contribution in [0, 0.1) is 0 Å². The molecule has 0 saturated carbocycles. The summed E-state index contributed by atoms with van der Waals surface area (Å²) in [6.07, 6.45) is 0.655. The first-order chi connectivity index (χ1) is 6.06. The number of hydrogen-bond acceptors (Lipinski definition) is 2. The van der Waals surface area contributed by atoms with E-state index in [1.54, 1.807) is 0 Å². The smallest absolute Gasteiger partial charge is 0.159 e. The largest absolute Gasteiger partial charge is 0.298 e. The molecule has 1 aromatic carbocycles. The molecule has 0 aliphatic rings. The van der Waals surface area contributed by atoms with Crippen molar-refractivity contribution in [3.8, 4) is 0 Å². The van der Waals surface area contributed by atoms with Gasteiger partial charge in [-0.05, 0) is 35.0 Å². The lowest BCUT2D eigenvalue weighted by molar-refractivity contribution is 0.101. The molecule has 0 atom stereocenters. The molecule has 68 valence electrons. The number of halogens is 2. The molecule has 0 fully saturated rings. The zero-order valence-electron chi connectivity index (χ0n) is 6.80. The Labute approximate surface area is 89.0 Å². The molecule has 4 heteroatoms. The predicted molar refractivity (Wildman–Crippen MR) is 54.5 cm³/mol. The molecule has 0 aliphatic heterocycles. The first-order valence-electron chi connectivity index (χ1n) is 3.51. The van der Waals surface area contributed by atoms with E-state index in [0.717, 1.165) is 0 Å². The van der Waals surface area contributed by atoms with E-state index in [9.17, 15) is 9.59 Å². The van der Waals surface area contributed by atoms with Crippen molar-refractivity contribution in [2.45, 2.75) is 6.92 Å². The quantitative estimate of drug-likeness (QED) is 0.605. The fourth-order valence-corrected chi connectivity index (χ4v) is 1.45. The molecule has 0 spiro atoms. The summed E-state index contributed by atoms with van der Waals surface area (Å²) >= 11 is 8.93. The van der Waals surface area contributed by atoms with Crippen LogP contribution in [0.4, 0.5) is 0 Å². The lowest BCUT2D eigenvalue weighted by Gasteiger charge is -2.02. The third-order valence-corrected chi connectivity index (χ3v) is 3.00. The topological polar surface area (TPSA) is 34.1 Å². The van der Waals surface area contributed by atoms with Gasteiger partial charge in [0.2, 0.25) is 0 Å². The van der Waals surface area contributed by atoms with Crippen molar-refractivity contribution in [3.05, 3.63) is 32.8 Å². The standard InChI is InChI=1S/C9H6BrClO2/c1-5(13)6-2-7(4-12)9(10)8(11)3-6/h2-4H,1H3. The van der Waals surface area contributed by atoms with Gasteiger partial charge in [0.1, 0.15) is 0 Å². The van der Waals surface area contributed by atoms with Crippen LogP contribution in [0.1, 0.15) is 27.6 Å². The highest BCUT2D eigenvalue weighted by Crippen LogP contribution is 2.27. The highest BCUT2D eigenvalue weighted by atomic mass is 79.9. The minimum Gasteiger partial charge on any atom is -0.298 e. The van der Waals surface area contributed by atoms with E-state index in [1.807, 2.05) is 0 Å². The van der Waals surface area contributed by atoms with E-state index in [2.05, 4.69) is 15.9 Å². The number of hydrogen-bond donors (Lipinski definition) is 0. The summed E-state index contributed by atoms with van der Waals surface area (Å²) in [5.41, 5.74) is 0.827. The summed E-state index contributed by atoms with van der Waals surface area (Å²) in [6.45, 7) is 1.42. The fourth-order valence-electron chi connectivity index (χ4n) is 0.899. The number of Topliss-reactive ketones (excluding diaryl/α,β-unsaturated/α-hetero) is 1. The number of ketones is 1. The van der Waals surface area contributed by atoms with Crippen LogP contribution in [0.15, 0.2) is 16.6 Å². The molecular formula is C9H6BrClO2. The van der Waals surface area contributed by atoms with Crippen LogP contribution in [0.3, 0.4) is 0 Å². The van der Waals surface area contributed by atoms with Gasteiger partial charge in [0, 0.05) is 15.6 Å². The van der Waals surface area contributed by atoms with E-state index >= 15 is 0 Å². The van der Waals surface area contributed by atoms with Crippen molar-refractivity contribution >= 4 is 39.6 Å². The van der Waals surface area contributed by atoms with Gasteiger partial charge in [-0.15, -0.1) is 0 Å². The predicted octanol–water partition coefficient (Wildman–Crippen LogP) is 3.12. The molecule has 1 rings (SSSR count). The number of rotatable bonds is 2. The summed E-state index contributed by atoms with van der Waals surface area (Å²) in [6, 6.07) is 3.03. The second-order valence-electron chi connectivity index (χ2n) is 2.54. The van der Waals surface area contributed by atoms with Gasteiger partial charge in [-0.1, -0.05) is 11.6 Å². The highest BCUT2D eigenvalue weighted by Gasteiger charge is 2.08. The molecule has 0 aromatic heterocycles. The Hall–Kier alpha value is -0.670. The Balaban J connectivity index is 3.38. The summed E-state index contributed by atoms with van der Waals surface area (Å²) in [7, 11) is 0. The Bertz CT molecular complexity index is 374. The lowest BCUT2D eigenvalue weighted by Crippen LogP contribution is -1.95. The van der Waals surface area contributed by atoms with Crippen molar-refractivity contribution in [1.82, 2.24) is 0 Å². The van der Waals surface area contributed by atoms with Crippen LogP contribution in [0.25, 0.3) is 0 Å². The highest BCUT2D eigenvalue weighted by molar-refractivity contribution is 9.10. The van der Waals surface area contributed by atoms with Crippen LogP contribution in [0.5, 0.6) is 0 Å². The number of carbonyl (C=O) groups excluding carboxylic acids is 2. The maximum atomic E-state index is 11.0. The minimum absolute atomic E-state index is 0.113. The van der Waals surface area contributed by atoms with Gasteiger partial charge in [0.25, 0.3) is 0 Å². The maximum absolute atomic E-state index is 11.0. The molecule has 0 amide bonds. The second-order valence-corrected chi connectivity index (χ2v) is 3.74. The van der Waals surface area contributed by atoms with E-state index in [4.69, 9.17) is 11.6 Å². The van der Waals surface area contributed by atoms with Crippen molar-refractivity contribution in [1.29, 1.82) is 0 Å². The molecule has 0 radical (unpaired) electrons. The van der Waals surface area contributed by atoms with Gasteiger partial charge in [-0.2, -0.15) is 0 Å². The molecule has 0 N–H and O–H groups in total. The van der Waals surface area contributed by atoms with Gasteiger partial charge in [-0.3, -0.25) is 9.59 Å². The third-order valence-electron chi connectivity index (χ3n) is 1.59. The molecule has 2 nitrogen and oxygen atoms in total. The SMILES string of the molecule is CC(=O)c1cc(Cl)c(Br)c(C=O)c1. The van der Waals surface area contributed by atoms with Gasteiger partial charge < -0.3 is 0 Å². The van der Waals surface area contributed by atoms with Gasteiger partial charge >= 0.3 is 0 Å². The van der Waals surface area contributed by atoms with Crippen LogP contribution in [0.2, 0.25) is 5.02 Å². The normalized spacial score (nSPS) is 9.77. The minimum atomic E-state index is -0.113. The Kier molecular flexibility index (Phi) is 3.22. The number of benzene rings is 1. The Morgan fingerprint density at radius 1 is 1.54 bits per heavy atom. The molecule has 0 unspecified atom stereocenters. The van der Waals surface area contributed by atoms with E-state index in [0.29, 0.717) is 26.9 Å². The number of aldehydes is 1. The van der Waals surface area contributed by atoms with Gasteiger partial charge in [0.15, 0.2) is 12.1 Å². The lowest BCUT2D eigenvalue weighted by atomic mass is 10.1. The molecular weight excluding hydrogens is 255 g/mol.